The summed E-state index contributed by atoms with van der Waals surface area (Å²) in [5, 5.41) is 13.3. The Hall–Kier alpha value is -2.88. The molecule has 2 heterocycles. The van der Waals surface area contributed by atoms with E-state index in [2.05, 4.69) is 49.3 Å². The number of carboxylic acids is 1. The van der Waals surface area contributed by atoms with Crippen molar-refractivity contribution in [2.75, 3.05) is 18.4 Å². The number of amides is 2. The summed E-state index contributed by atoms with van der Waals surface area (Å²) < 4.78 is 31.7. The molecule has 188 valence electrons. The summed E-state index contributed by atoms with van der Waals surface area (Å²) in [5.74, 6) is -2.43. The lowest BCUT2D eigenvalue weighted by molar-refractivity contribution is -0.192. The number of likely N-dealkylation sites (tertiary alicyclic amines) is 1. The van der Waals surface area contributed by atoms with Gasteiger partial charge in [0.15, 0.2) is 0 Å². The summed E-state index contributed by atoms with van der Waals surface area (Å²) in [6.45, 7) is 9.88. The summed E-state index contributed by atoms with van der Waals surface area (Å²) in [7, 11) is 0. The van der Waals surface area contributed by atoms with Crippen molar-refractivity contribution in [1.29, 1.82) is 0 Å². The fourth-order valence-corrected chi connectivity index (χ4v) is 3.85. The summed E-state index contributed by atoms with van der Waals surface area (Å²) in [6.07, 6.45) is 0.163. The molecule has 0 bridgehead atoms. The first kappa shape index (κ1) is 27.4. The third-order valence-corrected chi connectivity index (χ3v) is 5.65. The minimum atomic E-state index is -5.08. The number of halogens is 3. The van der Waals surface area contributed by atoms with Gasteiger partial charge in [-0.2, -0.15) is 13.2 Å². The minimum Gasteiger partial charge on any atom is -0.475 e. The minimum absolute atomic E-state index is 0.0158. The molecular formula is C24H32F3N3O4. The molecule has 3 atom stereocenters. The fourth-order valence-electron chi connectivity index (χ4n) is 3.85. The summed E-state index contributed by atoms with van der Waals surface area (Å²) in [4.78, 5) is 36.1. The smallest absolute Gasteiger partial charge is 0.475 e. The van der Waals surface area contributed by atoms with Crippen LogP contribution in [0, 0.1) is 11.3 Å². The maximum atomic E-state index is 12.8. The Bertz CT molecular complexity index is 925. The van der Waals surface area contributed by atoms with Gasteiger partial charge in [0.05, 0.1) is 6.04 Å². The molecule has 0 aliphatic carbocycles. The Morgan fingerprint density at radius 2 is 1.79 bits per heavy atom. The number of anilines is 1. The Balaban J connectivity index is 0.000000509. The molecule has 1 fully saturated rings. The second-order valence-corrected chi connectivity index (χ2v) is 9.75. The highest BCUT2D eigenvalue weighted by Gasteiger charge is 2.39. The van der Waals surface area contributed by atoms with Crippen molar-refractivity contribution in [3.8, 4) is 0 Å². The van der Waals surface area contributed by atoms with Crippen LogP contribution in [-0.2, 0) is 20.8 Å². The number of aryl methyl sites for hydroxylation is 1. The highest BCUT2D eigenvalue weighted by molar-refractivity contribution is 5.96. The van der Waals surface area contributed by atoms with E-state index in [1.807, 2.05) is 24.3 Å². The number of nitrogens with zero attached hydrogens (tertiary/aromatic N) is 1. The zero-order valence-electron chi connectivity index (χ0n) is 19.8. The van der Waals surface area contributed by atoms with E-state index in [-0.39, 0.29) is 29.3 Å². The van der Waals surface area contributed by atoms with Crippen molar-refractivity contribution < 1.29 is 32.7 Å². The Labute approximate surface area is 197 Å². The lowest BCUT2D eigenvalue weighted by atomic mass is 9.96. The van der Waals surface area contributed by atoms with Crippen LogP contribution in [0.4, 0.5) is 18.9 Å². The van der Waals surface area contributed by atoms with Crippen molar-refractivity contribution >= 4 is 23.5 Å². The summed E-state index contributed by atoms with van der Waals surface area (Å²) in [6, 6.07) is 7.93. The quantitative estimate of drug-likeness (QED) is 0.571. The topological polar surface area (TPSA) is 98.7 Å². The third-order valence-electron chi connectivity index (χ3n) is 5.65. The molecule has 0 saturated carbocycles. The standard InChI is InChI=1S/C22H31N3O2.C2HF3O2/c1-15-13-25(14-18(15)23-20(26)11-12-22(2,3)4)19-10-9-16-7-5-6-8-17(16)24-21(19)27;3-2(4,5)1(6)7/h5-8,11-12,15,18-19H,9-10,13-14H2,1-4H3,(H,23,26)(H,24,27);(H,6,7)/b12-11+;/t15-,18-,19?;/m1./s1. The molecule has 0 spiro atoms. The number of fused-ring (bicyclic) bond motifs is 1. The number of nitrogens with one attached hydrogen (secondary N) is 2. The molecule has 2 aliphatic heterocycles. The highest BCUT2D eigenvalue weighted by atomic mass is 19.4. The molecule has 0 aromatic heterocycles. The van der Waals surface area contributed by atoms with Crippen LogP contribution in [-0.4, -0.2) is 59.1 Å². The SMILES string of the molecule is C[C@@H]1CN(C2CCc3ccccc3NC2=O)C[C@H]1NC(=O)/C=C/C(C)(C)C.O=C(O)C(F)(F)F. The number of benzene rings is 1. The molecule has 34 heavy (non-hydrogen) atoms. The molecule has 7 nitrogen and oxygen atoms in total. The van der Waals surface area contributed by atoms with Gasteiger partial charge >= 0.3 is 12.1 Å². The Kier molecular flexibility index (Phi) is 8.88. The van der Waals surface area contributed by atoms with Crippen molar-refractivity contribution in [2.45, 2.75) is 58.8 Å². The monoisotopic (exact) mass is 483 g/mol. The van der Waals surface area contributed by atoms with Gasteiger partial charge in [-0.05, 0) is 41.9 Å². The molecule has 1 unspecified atom stereocenters. The van der Waals surface area contributed by atoms with E-state index in [1.165, 1.54) is 5.56 Å². The molecule has 0 radical (unpaired) electrons. The number of hydrogen-bond acceptors (Lipinski definition) is 4. The average molecular weight is 484 g/mol. The van der Waals surface area contributed by atoms with Gasteiger partial charge in [-0.15, -0.1) is 0 Å². The largest absolute Gasteiger partial charge is 0.490 e. The van der Waals surface area contributed by atoms with Gasteiger partial charge in [0.1, 0.15) is 0 Å². The van der Waals surface area contributed by atoms with Crippen LogP contribution in [0.15, 0.2) is 36.4 Å². The molecule has 3 rings (SSSR count). The van der Waals surface area contributed by atoms with Gasteiger partial charge in [0, 0.05) is 24.8 Å². The van der Waals surface area contributed by atoms with Gasteiger partial charge in [0.25, 0.3) is 0 Å². The van der Waals surface area contributed by atoms with Crippen LogP contribution in [0.3, 0.4) is 0 Å². The predicted octanol–water partition coefficient (Wildman–Crippen LogP) is 3.61. The van der Waals surface area contributed by atoms with Crippen LogP contribution in [0.1, 0.15) is 39.7 Å². The molecule has 1 aromatic rings. The van der Waals surface area contributed by atoms with Crippen LogP contribution in [0.2, 0.25) is 0 Å². The first-order valence-corrected chi connectivity index (χ1v) is 11.1. The average Bonchev–Trinajstić information content (AvgIpc) is 2.97. The molecule has 1 saturated heterocycles. The van der Waals surface area contributed by atoms with E-state index in [9.17, 15) is 22.8 Å². The van der Waals surface area contributed by atoms with Crippen molar-refractivity contribution in [3.63, 3.8) is 0 Å². The van der Waals surface area contributed by atoms with Gasteiger partial charge in [-0.3, -0.25) is 14.5 Å². The van der Waals surface area contributed by atoms with E-state index in [1.54, 1.807) is 6.08 Å². The van der Waals surface area contributed by atoms with Crippen molar-refractivity contribution in [2.24, 2.45) is 11.3 Å². The van der Waals surface area contributed by atoms with Crippen LogP contribution in [0.25, 0.3) is 0 Å². The number of carbonyl (C=O) groups is 3. The lowest BCUT2D eigenvalue weighted by Gasteiger charge is -2.25. The van der Waals surface area contributed by atoms with Crippen molar-refractivity contribution in [3.05, 3.63) is 42.0 Å². The molecule has 2 amide bonds. The fraction of sp³-hybridized carbons (Fsp3) is 0.542. The number of aliphatic carboxylic acids is 1. The second kappa shape index (κ2) is 11.0. The first-order valence-electron chi connectivity index (χ1n) is 11.1. The molecule has 3 N–H and O–H groups in total. The van der Waals surface area contributed by atoms with E-state index >= 15 is 0 Å². The van der Waals surface area contributed by atoms with Crippen LogP contribution < -0.4 is 10.6 Å². The van der Waals surface area contributed by atoms with E-state index in [0.29, 0.717) is 12.5 Å². The summed E-state index contributed by atoms with van der Waals surface area (Å²) in [5.41, 5.74) is 2.10. The number of rotatable bonds is 3. The number of carbonyl (C=O) groups excluding carboxylic acids is 2. The number of carboxylic acid groups (broad SMARTS) is 1. The van der Waals surface area contributed by atoms with E-state index in [0.717, 1.165) is 25.1 Å². The number of allylic oxidation sites excluding steroid dienone is 1. The molecule has 10 heteroatoms. The van der Waals surface area contributed by atoms with E-state index < -0.39 is 12.1 Å². The lowest BCUT2D eigenvalue weighted by Crippen LogP contribution is -2.44. The predicted molar refractivity (Wildman–Crippen MR) is 122 cm³/mol. The third kappa shape index (κ3) is 8.16. The zero-order valence-corrected chi connectivity index (χ0v) is 19.8. The number of alkyl halides is 3. The van der Waals surface area contributed by atoms with Crippen LogP contribution in [0.5, 0.6) is 0 Å². The molecular weight excluding hydrogens is 451 g/mol. The van der Waals surface area contributed by atoms with Crippen molar-refractivity contribution in [1.82, 2.24) is 10.2 Å². The number of hydrogen-bond donors (Lipinski definition) is 3. The van der Waals surface area contributed by atoms with Crippen LogP contribution >= 0.6 is 0 Å². The highest BCUT2D eigenvalue weighted by Crippen LogP contribution is 2.27. The molecule has 1 aromatic carbocycles. The maximum Gasteiger partial charge on any atom is 0.490 e. The second-order valence-electron chi connectivity index (χ2n) is 9.75. The Morgan fingerprint density at radius 3 is 2.38 bits per heavy atom. The first-order chi connectivity index (χ1) is 15.7. The zero-order chi connectivity index (χ0) is 25.7. The van der Waals surface area contributed by atoms with Gasteiger partial charge in [-0.25, -0.2) is 4.79 Å². The van der Waals surface area contributed by atoms with Gasteiger partial charge in [0.2, 0.25) is 11.8 Å². The number of para-hydroxylation sites is 1. The maximum absolute atomic E-state index is 12.8. The van der Waals surface area contributed by atoms with Gasteiger partial charge in [-0.1, -0.05) is 52.0 Å². The molecule has 2 aliphatic rings. The van der Waals surface area contributed by atoms with Gasteiger partial charge < -0.3 is 15.7 Å². The van der Waals surface area contributed by atoms with E-state index in [4.69, 9.17) is 9.90 Å². The normalized spacial score (nSPS) is 23.4. The summed E-state index contributed by atoms with van der Waals surface area (Å²) >= 11 is 0. The Morgan fingerprint density at radius 1 is 1.18 bits per heavy atom.